The second kappa shape index (κ2) is 10.5. The Balaban J connectivity index is 2.16. The lowest BCUT2D eigenvalue weighted by atomic mass is 10.1. The molecule has 0 aliphatic heterocycles. The van der Waals surface area contributed by atoms with E-state index in [0.717, 1.165) is 11.1 Å². The number of carbonyl (C=O) groups excluding carboxylic acids is 2. The van der Waals surface area contributed by atoms with Crippen LogP contribution in [0.2, 0.25) is 5.02 Å². The number of hydrogen-bond acceptors (Lipinski definition) is 3. The lowest BCUT2D eigenvalue weighted by molar-refractivity contribution is -0.142. The fraction of sp³-hybridized carbons (Fsp3) is 0.333. The highest BCUT2D eigenvalue weighted by atomic mass is 79.9. The Morgan fingerprint density at radius 3 is 2.64 bits per heavy atom. The van der Waals surface area contributed by atoms with Gasteiger partial charge in [0.1, 0.15) is 11.8 Å². The Labute approximate surface area is 179 Å². The zero-order chi connectivity index (χ0) is 20.7. The van der Waals surface area contributed by atoms with Crippen LogP contribution in [0.5, 0.6) is 5.75 Å². The van der Waals surface area contributed by atoms with Crippen molar-refractivity contribution in [2.75, 3.05) is 13.2 Å². The third-order valence-electron chi connectivity index (χ3n) is 4.20. The quantitative estimate of drug-likeness (QED) is 0.628. The fourth-order valence-corrected chi connectivity index (χ4v) is 3.52. The SMILES string of the molecule is CCNC(=O)[C@@H](C)N(Cc1cccc(C)c1)C(=O)COc1ccc(Cl)cc1Br. The molecule has 1 atom stereocenters. The maximum absolute atomic E-state index is 12.9. The van der Waals surface area contributed by atoms with Gasteiger partial charge in [-0.1, -0.05) is 41.4 Å². The summed E-state index contributed by atoms with van der Waals surface area (Å²) in [5.74, 6) is 0.0391. The van der Waals surface area contributed by atoms with Gasteiger partial charge < -0.3 is 15.0 Å². The van der Waals surface area contributed by atoms with Crippen LogP contribution in [-0.2, 0) is 16.1 Å². The smallest absolute Gasteiger partial charge is 0.261 e. The van der Waals surface area contributed by atoms with E-state index in [1.54, 1.807) is 25.1 Å². The maximum atomic E-state index is 12.9. The number of aryl methyl sites for hydroxylation is 1. The molecule has 0 aliphatic rings. The summed E-state index contributed by atoms with van der Waals surface area (Å²) in [6, 6.07) is 12.3. The van der Waals surface area contributed by atoms with Gasteiger partial charge in [0.25, 0.3) is 5.91 Å². The summed E-state index contributed by atoms with van der Waals surface area (Å²) in [6.07, 6.45) is 0. The van der Waals surface area contributed by atoms with E-state index in [-0.39, 0.29) is 18.4 Å². The molecule has 1 N–H and O–H groups in total. The van der Waals surface area contributed by atoms with Crippen LogP contribution in [0.15, 0.2) is 46.9 Å². The number of nitrogens with zero attached hydrogens (tertiary/aromatic N) is 1. The van der Waals surface area contributed by atoms with Crippen molar-refractivity contribution in [1.82, 2.24) is 10.2 Å². The van der Waals surface area contributed by atoms with Crippen molar-refractivity contribution in [2.24, 2.45) is 0 Å². The summed E-state index contributed by atoms with van der Waals surface area (Å²) in [4.78, 5) is 26.8. The van der Waals surface area contributed by atoms with E-state index in [0.29, 0.717) is 28.3 Å². The van der Waals surface area contributed by atoms with Crippen molar-refractivity contribution in [3.63, 3.8) is 0 Å². The summed E-state index contributed by atoms with van der Waals surface area (Å²) < 4.78 is 6.32. The molecule has 0 saturated carbocycles. The molecule has 2 aromatic rings. The van der Waals surface area contributed by atoms with Gasteiger partial charge in [-0.3, -0.25) is 9.59 Å². The highest BCUT2D eigenvalue weighted by Crippen LogP contribution is 2.28. The summed E-state index contributed by atoms with van der Waals surface area (Å²) in [5.41, 5.74) is 2.05. The summed E-state index contributed by atoms with van der Waals surface area (Å²) >= 11 is 9.30. The number of ether oxygens (including phenoxy) is 1. The minimum absolute atomic E-state index is 0.185. The third kappa shape index (κ3) is 6.24. The zero-order valence-corrected chi connectivity index (χ0v) is 18.5. The van der Waals surface area contributed by atoms with Gasteiger partial charge in [0.05, 0.1) is 4.47 Å². The molecule has 0 radical (unpaired) electrons. The lowest BCUT2D eigenvalue weighted by Gasteiger charge is -2.28. The molecule has 7 heteroatoms. The first-order chi connectivity index (χ1) is 13.3. The number of rotatable bonds is 8. The lowest BCUT2D eigenvalue weighted by Crippen LogP contribution is -2.49. The minimum atomic E-state index is -0.620. The van der Waals surface area contributed by atoms with Crippen LogP contribution >= 0.6 is 27.5 Å². The standard InChI is InChI=1S/C21H24BrClN2O3/c1-4-24-21(27)15(3)25(12-16-7-5-6-14(2)10-16)20(26)13-28-19-9-8-17(23)11-18(19)22/h5-11,15H,4,12-13H2,1-3H3,(H,24,27)/t15-/m1/s1. The van der Waals surface area contributed by atoms with Gasteiger partial charge in [0.15, 0.2) is 6.61 Å². The average Bonchev–Trinajstić information content (AvgIpc) is 2.65. The van der Waals surface area contributed by atoms with Gasteiger partial charge in [-0.15, -0.1) is 0 Å². The second-order valence-electron chi connectivity index (χ2n) is 6.44. The largest absolute Gasteiger partial charge is 0.483 e. The molecule has 0 aromatic heterocycles. The van der Waals surface area contributed by atoms with Crippen LogP contribution in [0.25, 0.3) is 0 Å². The molecular formula is C21H24BrClN2O3. The van der Waals surface area contributed by atoms with Crippen LogP contribution in [0, 0.1) is 6.92 Å². The van der Waals surface area contributed by atoms with E-state index in [2.05, 4.69) is 21.2 Å². The van der Waals surface area contributed by atoms with E-state index in [4.69, 9.17) is 16.3 Å². The zero-order valence-electron chi connectivity index (χ0n) is 16.2. The third-order valence-corrected chi connectivity index (χ3v) is 5.05. The predicted molar refractivity (Wildman–Crippen MR) is 115 cm³/mol. The molecule has 150 valence electrons. The second-order valence-corrected chi connectivity index (χ2v) is 7.74. The van der Waals surface area contributed by atoms with Crippen LogP contribution in [0.1, 0.15) is 25.0 Å². The maximum Gasteiger partial charge on any atom is 0.261 e. The van der Waals surface area contributed by atoms with Gasteiger partial charge in [0.2, 0.25) is 5.91 Å². The first-order valence-electron chi connectivity index (χ1n) is 9.02. The topological polar surface area (TPSA) is 58.6 Å². The van der Waals surface area contributed by atoms with Crippen molar-refractivity contribution in [1.29, 1.82) is 0 Å². The Hall–Kier alpha value is -2.05. The Bertz CT molecular complexity index is 844. The number of nitrogens with one attached hydrogen (secondary N) is 1. The molecule has 0 unspecified atom stereocenters. The summed E-state index contributed by atoms with van der Waals surface area (Å²) in [7, 11) is 0. The van der Waals surface area contributed by atoms with Gasteiger partial charge >= 0.3 is 0 Å². The average molecular weight is 468 g/mol. The van der Waals surface area contributed by atoms with Crippen molar-refractivity contribution >= 4 is 39.3 Å². The van der Waals surface area contributed by atoms with E-state index in [9.17, 15) is 9.59 Å². The van der Waals surface area contributed by atoms with Crippen molar-refractivity contribution in [3.8, 4) is 5.75 Å². The Kier molecular flexibility index (Phi) is 8.33. The molecule has 0 fully saturated rings. The molecule has 0 heterocycles. The van der Waals surface area contributed by atoms with Crippen LogP contribution in [-0.4, -0.2) is 35.9 Å². The summed E-state index contributed by atoms with van der Waals surface area (Å²) in [5, 5.41) is 3.34. The fourth-order valence-electron chi connectivity index (χ4n) is 2.73. The molecular weight excluding hydrogens is 444 g/mol. The highest BCUT2D eigenvalue weighted by Gasteiger charge is 2.26. The van der Waals surface area contributed by atoms with E-state index >= 15 is 0 Å². The molecule has 28 heavy (non-hydrogen) atoms. The van der Waals surface area contributed by atoms with E-state index in [1.165, 1.54) is 4.90 Å². The molecule has 2 amide bonds. The Morgan fingerprint density at radius 1 is 1.25 bits per heavy atom. The monoisotopic (exact) mass is 466 g/mol. The van der Waals surface area contributed by atoms with Crippen molar-refractivity contribution < 1.29 is 14.3 Å². The number of hydrogen-bond donors (Lipinski definition) is 1. The molecule has 5 nitrogen and oxygen atoms in total. The molecule has 2 aromatic carbocycles. The molecule has 0 bridgehead atoms. The molecule has 0 spiro atoms. The molecule has 0 aliphatic carbocycles. The number of likely N-dealkylation sites (N-methyl/N-ethyl adjacent to an activating group) is 1. The Morgan fingerprint density at radius 2 is 2.00 bits per heavy atom. The molecule has 2 rings (SSSR count). The van der Waals surface area contributed by atoms with Crippen molar-refractivity contribution in [3.05, 3.63) is 63.1 Å². The number of amides is 2. The first-order valence-corrected chi connectivity index (χ1v) is 10.2. The first kappa shape index (κ1) is 22.2. The number of benzene rings is 2. The predicted octanol–water partition coefficient (Wildman–Crippen LogP) is 4.34. The minimum Gasteiger partial charge on any atom is -0.483 e. The molecule has 0 saturated heterocycles. The van der Waals surface area contributed by atoms with Crippen LogP contribution < -0.4 is 10.1 Å². The van der Waals surface area contributed by atoms with Gasteiger partial charge in [-0.2, -0.15) is 0 Å². The summed E-state index contributed by atoms with van der Waals surface area (Å²) in [6.45, 7) is 6.20. The van der Waals surface area contributed by atoms with Gasteiger partial charge in [-0.25, -0.2) is 0 Å². The van der Waals surface area contributed by atoms with Crippen LogP contribution in [0.3, 0.4) is 0 Å². The van der Waals surface area contributed by atoms with Crippen LogP contribution in [0.4, 0.5) is 0 Å². The van der Waals surface area contributed by atoms with Gasteiger partial charge in [-0.05, 0) is 60.5 Å². The van der Waals surface area contributed by atoms with Crippen molar-refractivity contribution in [2.45, 2.75) is 33.4 Å². The normalized spacial score (nSPS) is 11.6. The highest BCUT2D eigenvalue weighted by molar-refractivity contribution is 9.10. The van der Waals surface area contributed by atoms with E-state index < -0.39 is 6.04 Å². The van der Waals surface area contributed by atoms with Gasteiger partial charge in [0, 0.05) is 18.1 Å². The van der Waals surface area contributed by atoms with E-state index in [1.807, 2.05) is 38.1 Å². The number of carbonyl (C=O) groups is 2. The number of halogens is 2.